The molecule has 0 spiro atoms. The van der Waals surface area contributed by atoms with Crippen molar-refractivity contribution in [2.75, 3.05) is 56.9 Å². The zero-order valence-electron chi connectivity index (χ0n) is 28.5. The molecule has 1 aliphatic rings. The molecule has 0 unspecified atom stereocenters. The predicted octanol–water partition coefficient (Wildman–Crippen LogP) is 6.34. The van der Waals surface area contributed by atoms with Gasteiger partial charge in [0.25, 0.3) is 0 Å². The number of rotatable bonds is 14. The van der Waals surface area contributed by atoms with E-state index in [1.165, 1.54) is 21.3 Å². The van der Waals surface area contributed by atoms with Crippen LogP contribution in [0.5, 0.6) is 51.7 Å². The average Bonchev–Trinajstić information content (AvgIpc) is 3.39. The predicted molar refractivity (Wildman–Crippen MR) is 172 cm³/mol. The number of benzene rings is 3. The van der Waals surface area contributed by atoms with Gasteiger partial charge in [0.05, 0.1) is 69.1 Å². The van der Waals surface area contributed by atoms with E-state index < -0.39 is 12.2 Å². The molecule has 11 heteroatoms. The monoisotopic (exact) mass is 642 g/mol. The number of hydrogen-bond donors (Lipinski definition) is 1. The molecule has 3 aromatic rings. The van der Waals surface area contributed by atoms with E-state index in [0.717, 1.165) is 11.1 Å². The molecule has 0 bridgehead atoms. The summed E-state index contributed by atoms with van der Waals surface area (Å²) in [6, 6.07) is 11.0. The van der Waals surface area contributed by atoms with Crippen LogP contribution in [0.4, 0.5) is 0 Å². The Bertz CT molecular complexity index is 1410. The van der Waals surface area contributed by atoms with Crippen LogP contribution >= 0.6 is 0 Å². The van der Waals surface area contributed by atoms with E-state index in [4.69, 9.17) is 47.4 Å². The molecule has 1 fully saturated rings. The highest BCUT2D eigenvalue weighted by atomic mass is 16.6. The van der Waals surface area contributed by atoms with Crippen molar-refractivity contribution in [2.45, 2.75) is 45.2 Å². The van der Waals surface area contributed by atoms with Crippen molar-refractivity contribution in [1.82, 2.24) is 0 Å². The minimum absolute atomic E-state index is 0.131. The van der Waals surface area contributed by atoms with E-state index in [2.05, 4.69) is 13.8 Å². The summed E-state index contributed by atoms with van der Waals surface area (Å²) in [5.74, 6) is 4.45. The summed E-state index contributed by atoms with van der Waals surface area (Å²) in [4.78, 5) is 0. The van der Waals surface area contributed by atoms with Gasteiger partial charge in [-0.2, -0.15) is 0 Å². The van der Waals surface area contributed by atoms with Crippen LogP contribution in [-0.2, 0) is 4.74 Å². The van der Waals surface area contributed by atoms with Gasteiger partial charge in [-0.1, -0.05) is 13.8 Å². The van der Waals surface area contributed by atoms with Gasteiger partial charge in [-0.3, -0.25) is 0 Å². The quantitative estimate of drug-likeness (QED) is 0.213. The summed E-state index contributed by atoms with van der Waals surface area (Å²) in [5, 5.41) is 11.3. The molecule has 1 heterocycles. The van der Waals surface area contributed by atoms with Crippen molar-refractivity contribution in [1.29, 1.82) is 0 Å². The molecule has 1 aliphatic heterocycles. The first-order valence-electron chi connectivity index (χ1n) is 15.0. The number of methoxy groups -OCH3 is 8. The first-order valence-corrected chi connectivity index (χ1v) is 15.0. The van der Waals surface area contributed by atoms with Gasteiger partial charge in [0.2, 0.25) is 17.2 Å². The fraction of sp³-hybridized carbons (Fsp3) is 0.486. The van der Waals surface area contributed by atoms with Crippen LogP contribution in [0.3, 0.4) is 0 Å². The first-order chi connectivity index (χ1) is 22.1. The summed E-state index contributed by atoms with van der Waals surface area (Å²) in [7, 11) is 12.5. The van der Waals surface area contributed by atoms with Crippen molar-refractivity contribution in [3.63, 3.8) is 0 Å². The highest BCUT2D eigenvalue weighted by Gasteiger charge is 2.42. The fourth-order valence-electron chi connectivity index (χ4n) is 5.96. The molecule has 46 heavy (non-hydrogen) atoms. The van der Waals surface area contributed by atoms with E-state index in [0.29, 0.717) is 57.3 Å². The smallest absolute Gasteiger partial charge is 0.203 e. The van der Waals surface area contributed by atoms with Gasteiger partial charge in [-0.05, 0) is 71.8 Å². The van der Waals surface area contributed by atoms with Crippen LogP contribution in [0.2, 0.25) is 0 Å². The molecular weight excluding hydrogens is 596 g/mol. The summed E-state index contributed by atoms with van der Waals surface area (Å²) in [5.41, 5.74) is 2.31. The van der Waals surface area contributed by atoms with Gasteiger partial charge >= 0.3 is 0 Å². The summed E-state index contributed by atoms with van der Waals surface area (Å²) in [6.45, 7) is 6.08. The van der Waals surface area contributed by atoms with Crippen molar-refractivity contribution in [3.05, 3.63) is 53.1 Å². The lowest BCUT2D eigenvalue weighted by Crippen LogP contribution is -2.22. The third kappa shape index (κ3) is 6.52. The Kier molecular flexibility index (Phi) is 11.2. The largest absolute Gasteiger partial charge is 0.493 e. The molecule has 252 valence electrons. The Morgan fingerprint density at radius 2 is 0.848 bits per heavy atom. The molecule has 0 aromatic heterocycles. The van der Waals surface area contributed by atoms with Gasteiger partial charge in [-0.25, -0.2) is 0 Å². The van der Waals surface area contributed by atoms with Crippen molar-refractivity contribution < 1.29 is 52.5 Å². The lowest BCUT2D eigenvalue weighted by atomic mass is 9.85. The maximum atomic E-state index is 11.3. The number of hydrogen-bond acceptors (Lipinski definition) is 11. The molecule has 0 amide bonds. The van der Waals surface area contributed by atoms with Crippen LogP contribution < -0.4 is 42.6 Å². The molecule has 0 aliphatic carbocycles. The molecule has 1 N–H and O–H groups in total. The van der Waals surface area contributed by atoms with Crippen LogP contribution in [0.1, 0.15) is 55.8 Å². The SMILES string of the molecule is COc1cc([C@@H](O)[C@H](C)Oc2c(OC)cc([C@@H]3O[C@H](c4cc(OC)c(OC)c(OC)c4)[C@H](C)[C@@H]3C)cc2OC)cc(OC)c1OC. The van der Waals surface area contributed by atoms with E-state index in [1.54, 1.807) is 54.6 Å². The van der Waals surface area contributed by atoms with Gasteiger partial charge in [0, 0.05) is 0 Å². The second-order valence-electron chi connectivity index (χ2n) is 11.1. The molecular formula is C35H46O11. The van der Waals surface area contributed by atoms with Gasteiger partial charge < -0.3 is 52.5 Å². The lowest BCUT2D eigenvalue weighted by Gasteiger charge is -2.26. The van der Waals surface area contributed by atoms with Gasteiger partial charge in [-0.15, -0.1) is 0 Å². The summed E-state index contributed by atoms with van der Waals surface area (Å²) < 4.78 is 57.7. The molecule has 3 aromatic carbocycles. The minimum Gasteiger partial charge on any atom is -0.493 e. The molecule has 0 radical (unpaired) electrons. The molecule has 11 nitrogen and oxygen atoms in total. The minimum atomic E-state index is -1.05. The maximum absolute atomic E-state index is 11.3. The Hall–Kier alpha value is -4.22. The molecule has 1 saturated heterocycles. The normalized spacial score (nSPS) is 20.3. The molecule has 6 atom stereocenters. The van der Waals surface area contributed by atoms with E-state index in [-0.39, 0.29) is 24.0 Å². The molecule has 4 rings (SSSR count). The highest BCUT2D eigenvalue weighted by molar-refractivity contribution is 5.57. The van der Waals surface area contributed by atoms with Gasteiger partial charge in [0.15, 0.2) is 34.5 Å². The Balaban J connectivity index is 1.64. The van der Waals surface area contributed by atoms with Crippen LogP contribution in [0, 0.1) is 11.8 Å². The summed E-state index contributed by atoms with van der Waals surface area (Å²) >= 11 is 0. The third-order valence-electron chi connectivity index (χ3n) is 8.68. The zero-order chi connectivity index (χ0) is 33.7. The summed E-state index contributed by atoms with van der Waals surface area (Å²) in [6.07, 6.45) is -2.29. The van der Waals surface area contributed by atoms with Crippen LogP contribution in [0.15, 0.2) is 36.4 Å². The van der Waals surface area contributed by atoms with Gasteiger partial charge in [0.1, 0.15) is 12.2 Å². The maximum Gasteiger partial charge on any atom is 0.203 e. The number of ether oxygens (including phenoxy) is 10. The van der Waals surface area contributed by atoms with Crippen LogP contribution in [0.25, 0.3) is 0 Å². The third-order valence-corrected chi connectivity index (χ3v) is 8.68. The zero-order valence-corrected chi connectivity index (χ0v) is 28.5. The average molecular weight is 643 g/mol. The second-order valence-corrected chi connectivity index (χ2v) is 11.1. The Labute approximate surface area is 271 Å². The topological polar surface area (TPSA) is 113 Å². The highest BCUT2D eigenvalue weighted by Crippen LogP contribution is 2.53. The van der Waals surface area contributed by atoms with Crippen molar-refractivity contribution in [2.24, 2.45) is 11.8 Å². The van der Waals surface area contributed by atoms with Crippen molar-refractivity contribution in [3.8, 4) is 51.7 Å². The standard InChI is InChI=1S/C35H46O11/c1-18-19(2)32(46-31(18)22-14-26(39-6)34(44-11)27(15-22)40-7)23-16-28(41-8)35(29(17-23)42-9)45-20(3)30(36)21-12-24(37-4)33(43-10)25(13-21)38-5/h12-20,30-32,36H,1-11H3/t18-,19+,20+,30+,31+,32-/m1/s1. The second kappa shape index (κ2) is 14.9. The number of aliphatic hydroxyl groups is 1. The van der Waals surface area contributed by atoms with Crippen molar-refractivity contribution >= 4 is 0 Å². The molecule has 0 saturated carbocycles. The Morgan fingerprint density at radius 3 is 1.17 bits per heavy atom. The van der Waals surface area contributed by atoms with E-state index >= 15 is 0 Å². The van der Waals surface area contributed by atoms with E-state index in [9.17, 15) is 5.11 Å². The Morgan fingerprint density at radius 1 is 0.522 bits per heavy atom. The van der Waals surface area contributed by atoms with E-state index in [1.807, 2.05) is 24.3 Å². The lowest BCUT2D eigenvalue weighted by molar-refractivity contribution is 0.0280. The number of aliphatic hydroxyl groups excluding tert-OH is 1. The first kappa shape index (κ1) is 34.6. The fourth-order valence-corrected chi connectivity index (χ4v) is 5.96. The van der Waals surface area contributed by atoms with Crippen LogP contribution in [-0.4, -0.2) is 68.1 Å².